The summed E-state index contributed by atoms with van der Waals surface area (Å²) in [5.41, 5.74) is -1.34. The first-order valence-corrected chi connectivity index (χ1v) is 4.81. The van der Waals surface area contributed by atoms with Crippen molar-refractivity contribution < 1.29 is 19.8 Å². The summed E-state index contributed by atoms with van der Waals surface area (Å²) in [6, 6.07) is 3.04. The van der Waals surface area contributed by atoms with Gasteiger partial charge in [0.25, 0.3) is 0 Å². The second-order valence-corrected chi connectivity index (χ2v) is 4.00. The summed E-state index contributed by atoms with van der Waals surface area (Å²) in [4.78, 5) is 25.6. The van der Waals surface area contributed by atoms with Crippen LogP contribution in [-0.2, 0) is 16.0 Å². The highest BCUT2D eigenvalue weighted by Crippen LogP contribution is 2.23. The molecule has 86 valence electrons. The van der Waals surface area contributed by atoms with Crippen LogP contribution >= 0.6 is 11.6 Å². The molecule has 0 bridgehead atoms. The van der Waals surface area contributed by atoms with Crippen molar-refractivity contribution in [1.82, 2.24) is 4.98 Å². The molecule has 16 heavy (non-hydrogen) atoms. The molecule has 1 aromatic rings. The van der Waals surface area contributed by atoms with Crippen molar-refractivity contribution in [2.45, 2.75) is 13.3 Å². The van der Waals surface area contributed by atoms with Crippen LogP contribution in [0.25, 0.3) is 0 Å². The molecule has 0 spiro atoms. The van der Waals surface area contributed by atoms with Gasteiger partial charge in [-0.3, -0.25) is 9.59 Å². The van der Waals surface area contributed by atoms with Gasteiger partial charge in [-0.1, -0.05) is 17.7 Å². The van der Waals surface area contributed by atoms with Crippen LogP contribution in [0.4, 0.5) is 0 Å². The number of hydrogen-bond donors (Lipinski definition) is 2. The Morgan fingerprint density at radius 2 is 1.94 bits per heavy atom. The Bertz CT molecular complexity index is 401. The molecule has 1 heterocycles. The fourth-order valence-electron chi connectivity index (χ4n) is 1.16. The molecule has 1 aromatic heterocycles. The fourth-order valence-corrected chi connectivity index (χ4v) is 1.27. The zero-order valence-electron chi connectivity index (χ0n) is 8.48. The first kappa shape index (κ1) is 12.4. The van der Waals surface area contributed by atoms with Gasteiger partial charge >= 0.3 is 11.9 Å². The second kappa shape index (κ2) is 4.49. The molecule has 0 aliphatic heterocycles. The number of carboxylic acid groups (broad SMARTS) is 2. The molecule has 0 aliphatic carbocycles. The second-order valence-electron chi connectivity index (χ2n) is 3.61. The van der Waals surface area contributed by atoms with E-state index < -0.39 is 17.4 Å². The summed E-state index contributed by atoms with van der Waals surface area (Å²) in [6.07, 6.45) is 1.23. The van der Waals surface area contributed by atoms with E-state index in [4.69, 9.17) is 21.8 Å². The first-order chi connectivity index (χ1) is 7.36. The minimum absolute atomic E-state index is 0.137. The Morgan fingerprint density at radius 3 is 2.31 bits per heavy atom. The third kappa shape index (κ3) is 2.49. The van der Waals surface area contributed by atoms with E-state index >= 15 is 0 Å². The number of aliphatic carboxylic acids is 2. The molecule has 5 nitrogen and oxygen atoms in total. The molecule has 0 unspecified atom stereocenters. The number of rotatable bonds is 4. The average Bonchev–Trinajstić information content (AvgIpc) is 2.20. The standard InChI is InChI=1S/C10H10ClNO4/c1-10(8(13)14,9(15)16)4-6-2-3-7(11)12-5-6/h2-3,5H,4H2,1H3,(H,13,14)(H,15,16). The largest absolute Gasteiger partial charge is 0.480 e. The van der Waals surface area contributed by atoms with Crippen molar-refractivity contribution in [1.29, 1.82) is 0 Å². The Balaban J connectivity index is 2.97. The molecule has 1 rings (SSSR count). The molecule has 0 saturated carbocycles. The summed E-state index contributed by atoms with van der Waals surface area (Å²) in [6.45, 7) is 1.16. The lowest BCUT2D eigenvalue weighted by atomic mass is 9.84. The monoisotopic (exact) mass is 243 g/mol. The number of halogens is 1. The topological polar surface area (TPSA) is 87.5 Å². The third-order valence-electron chi connectivity index (χ3n) is 2.29. The fraction of sp³-hybridized carbons (Fsp3) is 0.300. The Kier molecular flexibility index (Phi) is 3.49. The molecule has 0 aromatic carbocycles. The molecular formula is C10H10ClNO4. The van der Waals surface area contributed by atoms with Gasteiger partial charge in [0.15, 0.2) is 5.41 Å². The van der Waals surface area contributed by atoms with Gasteiger partial charge in [-0.2, -0.15) is 0 Å². The lowest BCUT2D eigenvalue weighted by molar-refractivity contribution is -0.163. The third-order valence-corrected chi connectivity index (χ3v) is 2.51. The van der Waals surface area contributed by atoms with Crippen LogP contribution < -0.4 is 0 Å². The Hall–Kier alpha value is -1.62. The van der Waals surface area contributed by atoms with E-state index in [1.807, 2.05) is 0 Å². The van der Waals surface area contributed by atoms with Crippen molar-refractivity contribution in [3.63, 3.8) is 0 Å². The maximum Gasteiger partial charge on any atom is 0.321 e. The summed E-state index contributed by atoms with van der Waals surface area (Å²) in [7, 11) is 0. The van der Waals surface area contributed by atoms with Gasteiger partial charge in [-0.25, -0.2) is 4.98 Å². The normalized spacial score (nSPS) is 11.1. The number of pyridine rings is 1. The van der Waals surface area contributed by atoms with Crippen LogP contribution in [0.1, 0.15) is 12.5 Å². The quantitative estimate of drug-likeness (QED) is 0.617. The van der Waals surface area contributed by atoms with Crippen LogP contribution in [0.5, 0.6) is 0 Å². The van der Waals surface area contributed by atoms with Crippen molar-refractivity contribution in [3.8, 4) is 0 Å². The minimum Gasteiger partial charge on any atom is -0.480 e. The van der Waals surface area contributed by atoms with Gasteiger partial charge in [0.1, 0.15) is 5.15 Å². The number of carbonyl (C=O) groups is 2. The lowest BCUT2D eigenvalue weighted by Gasteiger charge is -2.19. The van der Waals surface area contributed by atoms with E-state index in [1.165, 1.54) is 12.3 Å². The van der Waals surface area contributed by atoms with Crippen LogP contribution in [0.3, 0.4) is 0 Å². The van der Waals surface area contributed by atoms with E-state index in [9.17, 15) is 9.59 Å². The molecule has 0 amide bonds. The van der Waals surface area contributed by atoms with E-state index in [0.717, 1.165) is 6.92 Å². The molecule has 6 heteroatoms. The maximum atomic E-state index is 10.9. The van der Waals surface area contributed by atoms with Crippen molar-refractivity contribution in [2.75, 3.05) is 0 Å². The van der Waals surface area contributed by atoms with Gasteiger partial charge in [-0.05, 0) is 18.6 Å². The molecule has 0 atom stereocenters. The summed E-state index contributed by atoms with van der Waals surface area (Å²) >= 11 is 5.56. The van der Waals surface area contributed by atoms with Crippen molar-refractivity contribution in [2.24, 2.45) is 5.41 Å². The molecular weight excluding hydrogens is 234 g/mol. The highest BCUT2D eigenvalue weighted by Gasteiger charge is 2.41. The predicted octanol–water partition coefficient (Wildman–Crippen LogP) is 1.45. The van der Waals surface area contributed by atoms with Gasteiger partial charge in [0.2, 0.25) is 0 Å². The zero-order chi connectivity index (χ0) is 12.3. The molecule has 0 saturated heterocycles. The van der Waals surface area contributed by atoms with Gasteiger partial charge in [-0.15, -0.1) is 0 Å². The van der Waals surface area contributed by atoms with E-state index in [2.05, 4.69) is 4.98 Å². The van der Waals surface area contributed by atoms with E-state index in [1.54, 1.807) is 6.07 Å². The number of hydrogen-bond acceptors (Lipinski definition) is 3. The maximum absolute atomic E-state index is 10.9. The van der Waals surface area contributed by atoms with Crippen LogP contribution in [0.15, 0.2) is 18.3 Å². The smallest absolute Gasteiger partial charge is 0.321 e. The number of aromatic nitrogens is 1. The van der Waals surface area contributed by atoms with Gasteiger partial charge in [0.05, 0.1) is 0 Å². The van der Waals surface area contributed by atoms with Crippen LogP contribution in [0.2, 0.25) is 5.15 Å². The lowest BCUT2D eigenvalue weighted by Crippen LogP contribution is -2.38. The number of carboxylic acids is 2. The van der Waals surface area contributed by atoms with Gasteiger partial charge < -0.3 is 10.2 Å². The highest BCUT2D eigenvalue weighted by atomic mass is 35.5. The van der Waals surface area contributed by atoms with E-state index in [0.29, 0.717) is 5.56 Å². The molecule has 0 aliphatic rings. The SMILES string of the molecule is CC(Cc1ccc(Cl)nc1)(C(=O)O)C(=O)O. The van der Waals surface area contributed by atoms with Gasteiger partial charge in [0, 0.05) is 12.6 Å². The van der Waals surface area contributed by atoms with Crippen LogP contribution in [-0.4, -0.2) is 27.1 Å². The van der Waals surface area contributed by atoms with Crippen LogP contribution in [0, 0.1) is 5.41 Å². The Labute approximate surface area is 96.7 Å². The Morgan fingerprint density at radius 1 is 1.38 bits per heavy atom. The summed E-state index contributed by atoms with van der Waals surface area (Å²) in [5.74, 6) is -2.76. The molecule has 2 N–H and O–H groups in total. The summed E-state index contributed by atoms with van der Waals surface area (Å²) in [5, 5.41) is 18.1. The van der Waals surface area contributed by atoms with Crippen molar-refractivity contribution >= 4 is 23.5 Å². The molecule has 0 fully saturated rings. The predicted molar refractivity (Wildman–Crippen MR) is 56.3 cm³/mol. The first-order valence-electron chi connectivity index (χ1n) is 4.43. The van der Waals surface area contributed by atoms with E-state index in [-0.39, 0.29) is 11.6 Å². The highest BCUT2D eigenvalue weighted by molar-refractivity contribution is 6.29. The average molecular weight is 244 g/mol. The molecule has 0 radical (unpaired) electrons. The minimum atomic E-state index is -1.85. The zero-order valence-corrected chi connectivity index (χ0v) is 9.23. The van der Waals surface area contributed by atoms with Crippen molar-refractivity contribution in [3.05, 3.63) is 29.0 Å². The summed E-state index contributed by atoms with van der Waals surface area (Å²) < 4.78 is 0. The number of nitrogens with zero attached hydrogens (tertiary/aromatic N) is 1.